The van der Waals surface area contributed by atoms with Crippen LogP contribution < -0.4 is 17.0 Å². The van der Waals surface area contributed by atoms with Gasteiger partial charge in [0.1, 0.15) is 36.3 Å². The van der Waals surface area contributed by atoms with Crippen LogP contribution in [0.25, 0.3) is 22.3 Å². The number of rotatable bonds is 2. The second kappa shape index (κ2) is 11.2. The second-order valence-electron chi connectivity index (χ2n) is 10.0. The molecule has 7 rings (SSSR count). The Balaban J connectivity index is 1.21. The maximum absolute atomic E-state index is 15.9. The molecule has 3 aliphatic rings. The van der Waals surface area contributed by atoms with Crippen LogP contribution in [0, 0.1) is 0 Å². The number of nitrogen functional groups attached to an aromatic ring is 2. The SMILES string of the molecule is Nc1nc2c(ncn2[C@@H]2O[C@@H]3COP(=O)(O)O[C@H]4[C@H](F)[C@H](n5cnc6c(N)ncnc65)O[C@@H]4COP(=S)(S)O[C@@H]2[C@@H]3F)c(=O)[nH]1. The number of aromatic amines is 1. The standard InChI is InChI=1S/C20H22F2N10O9P2S2/c21-8-6-1-36-42(34,35)40-12-7(39-18(9(12)22)31-4-27-10-14(23)25-3-26-15(10)31)2-37-43(44,45)41-13(8)19(38-6)32-5-28-11-16(32)29-20(24)30-17(11)33/h3-9,12-13,18-19H,1-2H2,(H,34,35)(H,44,45)(H2,23,25,26)(H3,24,29,30,33)/t6-,7-,8-,9+,12-,13-,18-,19-/m1/s1. The normalized spacial score (nSPS) is 37.7. The van der Waals surface area contributed by atoms with E-state index >= 15 is 8.78 Å². The minimum Gasteiger partial charge on any atom is -0.382 e. The van der Waals surface area contributed by atoms with Gasteiger partial charge in [0.2, 0.25) is 11.6 Å². The molecule has 19 nitrogen and oxygen atoms in total. The summed E-state index contributed by atoms with van der Waals surface area (Å²) < 4.78 is 80.7. The highest BCUT2D eigenvalue weighted by molar-refractivity contribution is 8.60. The number of H-pyrrole nitrogens is 1. The Bertz CT molecular complexity index is 1950. The van der Waals surface area contributed by atoms with E-state index in [9.17, 15) is 14.3 Å². The van der Waals surface area contributed by atoms with Gasteiger partial charge in [0.15, 0.2) is 47.4 Å². The Hall–Kier alpha value is -2.69. The first-order chi connectivity index (χ1) is 21.3. The van der Waals surface area contributed by atoms with Crippen LogP contribution >= 0.6 is 25.8 Å². The molecule has 10 atom stereocenters. The predicted octanol–water partition coefficient (Wildman–Crippen LogP) is 0.667. The Morgan fingerprint density at radius 3 is 2.42 bits per heavy atom. The number of phosphoric acid groups is 1. The maximum atomic E-state index is 15.9. The fourth-order valence-electron chi connectivity index (χ4n) is 5.23. The lowest BCUT2D eigenvalue weighted by Crippen LogP contribution is -2.34. The zero-order chi connectivity index (χ0) is 31.8. The van der Waals surface area contributed by atoms with Crippen molar-refractivity contribution in [3.63, 3.8) is 0 Å². The Kier molecular flexibility index (Phi) is 7.72. The molecular weight excluding hydrogens is 688 g/mol. The zero-order valence-electron chi connectivity index (χ0n) is 22.3. The summed E-state index contributed by atoms with van der Waals surface area (Å²) in [6.45, 7) is -1.43. The van der Waals surface area contributed by atoms with Crippen LogP contribution in [-0.2, 0) is 43.9 Å². The van der Waals surface area contributed by atoms with Crippen molar-refractivity contribution in [1.29, 1.82) is 0 Å². The van der Waals surface area contributed by atoms with Crippen LogP contribution in [0.15, 0.2) is 23.8 Å². The third-order valence-corrected chi connectivity index (χ3v) is 10.4. The number of imidazole rings is 2. The molecule has 0 aromatic carbocycles. The molecule has 0 radical (unpaired) electrons. The monoisotopic (exact) mass is 710 g/mol. The van der Waals surface area contributed by atoms with Crippen molar-refractivity contribution in [2.75, 3.05) is 24.7 Å². The number of nitrogens with two attached hydrogens (primary N) is 2. The smallest absolute Gasteiger partial charge is 0.382 e. The van der Waals surface area contributed by atoms with Gasteiger partial charge in [-0.3, -0.25) is 28.0 Å². The van der Waals surface area contributed by atoms with Crippen LogP contribution in [0.2, 0.25) is 0 Å². The van der Waals surface area contributed by atoms with E-state index in [0.29, 0.717) is 0 Å². The van der Waals surface area contributed by atoms with Gasteiger partial charge in [0, 0.05) is 0 Å². The molecule has 0 spiro atoms. The van der Waals surface area contributed by atoms with Gasteiger partial charge >= 0.3 is 7.82 Å². The van der Waals surface area contributed by atoms with E-state index in [1.54, 1.807) is 0 Å². The van der Waals surface area contributed by atoms with Crippen molar-refractivity contribution in [2.24, 2.45) is 0 Å². The number of nitrogens with zero attached hydrogens (tertiary/aromatic N) is 7. The molecule has 4 aromatic rings. The van der Waals surface area contributed by atoms with Gasteiger partial charge in [0.25, 0.3) is 5.56 Å². The predicted molar refractivity (Wildman–Crippen MR) is 155 cm³/mol. The first-order valence-corrected chi connectivity index (χ1v) is 18.2. The van der Waals surface area contributed by atoms with E-state index in [4.69, 9.17) is 50.8 Å². The quantitative estimate of drug-likeness (QED) is 0.142. The molecular formula is C20H22F2N10O9P2S2. The Labute approximate surface area is 259 Å². The highest BCUT2D eigenvalue weighted by Gasteiger charge is 2.54. The molecule has 4 aromatic heterocycles. The fourth-order valence-corrected chi connectivity index (χ4v) is 8.12. The highest BCUT2D eigenvalue weighted by Crippen LogP contribution is 2.59. The lowest BCUT2D eigenvalue weighted by atomic mass is 10.1. The number of hydrogen-bond donors (Lipinski definition) is 5. The maximum Gasteiger partial charge on any atom is 0.472 e. The number of halogens is 2. The average Bonchev–Trinajstić information content (AvgIpc) is 3.72. The lowest BCUT2D eigenvalue weighted by Gasteiger charge is -2.27. The summed E-state index contributed by atoms with van der Waals surface area (Å²) in [5.41, 5.74) is 7.22. The molecule has 0 aliphatic carbocycles. The number of aromatic nitrogens is 8. The van der Waals surface area contributed by atoms with E-state index in [0.717, 1.165) is 12.7 Å². The van der Waals surface area contributed by atoms with Crippen LogP contribution in [0.1, 0.15) is 12.5 Å². The van der Waals surface area contributed by atoms with Crippen LogP contribution in [0.5, 0.6) is 0 Å². The van der Waals surface area contributed by atoms with Gasteiger partial charge in [-0.25, -0.2) is 33.3 Å². The minimum absolute atomic E-state index is 0.0338. The second-order valence-corrected chi connectivity index (χ2v) is 16.7. The molecule has 45 heavy (non-hydrogen) atoms. The van der Waals surface area contributed by atoms with Gasteiger partial charge in [-0.1, -0.05) is 12.2 Å². The van der Waals surface area contributed by atoms with Crippen molar-refractivity contribution in [3.8, 4) is 0 Å². The molecule has 2 bridgehead atoms. The van der Waals surface area contributed by atoms with Crippen molar-refractivity contribution in [3.05, 3.63) is 29.3 Å². The van der Waals surface area contributed by atoms with Crippen LogP contribution in [-0.4, -0.2) is 93.9 Å². The summed E-state index contributed by atoms with van der Waals surface area (Å²) in [6, 6.07) is 0. The molecule has 6 N–H and O–H groups in total. The summed E-state index contributed by atoms with van der Waals surface area (Å²) >= 11 is 9.76. The molecule has 0 saturated carbocycles. The first-order valence-electron chi connectivity index (χ1n) is 12.9. The molecule has 7 heterocycles. The molecule has 3 aliphatic heterocycles. The topological polar surface area (TPSA) is 252 Å². The van der Waals surface area contributed by atoms with Gasteiger partial charge < -0.3 is 34.9 Å². The van der Waals surface area contributed by atoms with E-state index in [1.807, 2.05) is 0 Å². The van der Waals surface area contributed by atoms with E-state index in [1.165, 1.54) is 15.5 Å². The number of fused-ring (bicyclic) bond motifs is 5. The van der Waals surface area contributed by atoms with E-state index in [-0.39, 0.29) is 34.1 Å². The number of ether oxygens (including phenoxy) is 2. The van der Waals surface area contributed by atoms with Crippen LogP contribution in [0.4, 0.5) is 20.5 Å². The number of phosphoric ester groups is 1. The van der Waals surface area contributed by atoms with Gasteiger partial charge in [-0.2, -0.15) is 4.98 Å². The van der Waals surface area contributed by atoms with Crippen molar-refractivity contribution in [2.45, 2.75) is 49.2 Å². The summed E-state index contributed by atoms with van der Waals surface area (Å²) in [5.74, 6) is -0.216. The number of alkyl halides is 2. The van der Waals surface area contributed by atoms with E-state index < -0.39 is 81.5 Å². The number of thiol groups is 1. The molecule has 242 valence electrons. The van der Waals surface area contributed by atoms with E-state index in [2.05, 4.69) is 42.2 Å². The van der Waals surface area contributed by atoms with Gasteiger partial charge in [-0.15, -0.1) is 0 Å². The first kappa shape index (κ1) is 30.9. The largest absolute Gasteiger partial charge is 0.472 e. The summed E-state index contributed by atoms with van der Waals surface area (Å²) in [6.07, 6.45) is -9.82. The molecule has 3 saturated heterocycles. The third kappa shape index (κ3) is 5.54. The lowest BCUT2D eigenvalue weighted by molar-refractivity contribution is -0.0590. The third-order valence-electron chi connectivity index (χ3n) is 7.23. The number of nitrogens with one attached hydrogen (secondary N) is 1. The summed E-state index contributed by atoms with van der Waals surface area (Å²) in [4.78, 5) is 45.2. The summed E-state index contributed by atoms with van der Waals surface area (Å²) in [5, 5.41) is 0. The zero-order valence-corrected chi connectivity index (χ0v) is 25.8. The van der Waals surface area contributed by atoms with Crippen molar-refractivity contribution >= 4 is 71.7 Å². The fraction of sp³-hybridized carbons (Fsp3) is 0.500. The van der Waals surface area contributed by atoms with Crippen molar-refractivity contribution < 1.29 is 45.8 Å². The van der Waals surface area contributed by atoms with Crippen LogP contribution in [0.3, 0.4) is 0 Å². The molecule has 0 amide bonds. The average molecular weight is 711 g/mol. The van der Waals surface area contributed by atoms with Gasteiger partial charge in [0.05, 0.1) is 25.9 Å². The number of hydrogen-bond acceptors (Lipinski definition) is 16. The highest BCUT2D eigenvalue weighted by atomic mass is 32.9. The molecule has 2 unspecified atom stereocenters. The Morgan fingerprint density at radius 2 is 1.64 bits per heavy atom. The Morgan fingerprint density at radius 1 is 0.956 bits per heavy atom. The van der Waals surface area contributed by atoms with Gasteiger partial charge in [-0.05, 0) is 11.8 Å². The minimum atomic E-state index is -5.11. The molecule has 3 fully saturated rings. The van der Waals surface area contributed by atoms with Crippen molar-refractivity contribution in [1.82, 2.24) is 39.0 Å². The molecule has 25 heteroatoms. The number of anilines is 2. The summed E-state index contributed by atoms with van der Waals surface area (Å²) in [7, 11) is -5.11.